The molecule has 0 heterocycles. The smallest absolute Gasteiger partial charge is 0.307 e. The van der Waals surface area contributed by atoms with Crippen LogP contribution >= 0.6 is 0 Å². The van der Waals surface area contributed by atoms with E-state index in [1.54, 1.807) is 0 Å². The highest BCUT2D eigenvalue weighted by Gasteiger charge is 2.40. The highest BCUT2D eigenvalue weighted by molar-refractivity contribution is 5.85. The third-order valence-electron chi connectivity index (χ3n) is 4.13. The Balaban J connectivity index is 1.99. The average Bonchev–Trinajstić information content (AvgIpc) is 3.01. The van der Waals surface area contributed by atoms with E-state index >= 15 is 0 Å². The van der Waals surface area contributed by atoms with Gasteiger partial charge in [-0.25, -0.2) is 0 Å². The van der Waals surface area contributed by atoms with Crippen LogP contribution in [0.4, 0.5) is 0 Å². The van der Waals surface area contributed by atoms with Crippen molar-refractivity contribution < 1.29 is 14.7 Å². The minimum absolute atomic E-state index is 0.0913. The van der Waals surface area contributed by atoms with Crippen LogP contribution in [0, 0.1) is 17.8 Å². The summed E-state index contributed by atoms with van der Waals surface area (Å²) in [5.41, 5.74) is 0. The Bertz CT molecular complexity index is 325. The van der Waals surface area contributed by atoms with Gasteiger partial charge in [-0.05, 0) is 38.0 Å². The molecule has 1 N–H and O–H groups in total. The maximum atomic E-state index is 12.5. The first kappa shape index (κ1) is 13.4. The van der Waals surface area contributed by atoms with E-state index in [1.807, 2.05) is 4.90 Å². The molecule has 0 saturated heterocycles. The lowest BCUT2D eigenvalue weighted by atomic mass is 9.94. The molecule has 0 bridgehead atoms. The summed E-state index contributed by atoms with van der Waals surface area (Å²) in [6.07, 6.45) is 5.68. The number of amides is 1. The second kappa shape index (κ2) is 5.72. The molecule has 0 aromatic rings. The summed E-state index contributed by atoms with van der Waals surface area (Å²) >= 11 is 0. The van der Waals surface area contributed by atoms with Gasteiger partial charge in [-0.3, -0.25) is 9.59 Å². The van der Waals surface area contributed by atoms with E-state index < -0.39 is 11.9 Å². The first-order valence-corrected chi connectivity index (χ1v) is 7.15. The van der Waals surface area contributed by atoms with Crippen molar-refractivity contribution in [3.8, 4) is 0 Å². The van der Waals surface area contributed by atoms with Gasteiger partial charge in [0.2, 0.25) is 5.91 Å². The maximum absolute atomic E-state index is 12.5. The topological polar surface area (TPSA) is 57.6 Å². The molecule has 2 saturated carbocycles. The number of hydrogen-bond donors (Lipinski definition) is 1. The Labute approximate surface area is 108 Å². The Morgan fingerprint density at radius 2 is 1.83 bits per heavy atom. The van der Waals surface area contributed by atoms with Gasteiger partial charge in [-0.15, -0.1) is 0 Å². The van der Waals surface area contributed by atoms with Crippen LogP contribution in [-0.2, 0) is 9.59 Å². The summed E-state index contributed by atoms with van der Waals surface area (Å²) in [6, 6.07) is 0. The summed E-state index contributed by atoms with van der Waals surface area (Å²) in [7, 11) is 0. The highest BCUT2D eigenvalue weighted by Crippen LogP contribution is 2.35. The molecule has 1 amide bonds. The van der Waals surface area contributed by atoms with E-state index in [-0.39, 0.29) is 11.8 Å². The van der Waals surface area contributed by atoms with E-state index in [4.69, 9.17) is 5.11 Å². The average molecular weight is 253 g/mol. The predicted molar refractivity (Wildman–Crippen MR) is 68.1 cm³/mol. The zero-order valence-electron chi connectivity index (χ0n) is 11.1. The van der Waals surface area contributed by atoms with Gasteiger partial charge in [0.25, 0.3) is 0 Å². The second-order valence-electron chi connectivity index (χ2n) is 5.71. The molecule has 4 heteroatoms. The van der Waals surface area contributed by atoms with Gasteiger partial charge >= 0.3 is 5.97 Å². The number of rotatable bonds is 6. The molecular formula is C14H23NO3. The van der Waals surface area contributed by atoms with Gasteiger partial charge in [0.1, 0.15) is 0 Å². The molecule has 2 unspecified atom stereocenters. The fourth-order valence-corrected chi connectivity index (χ4v) is 2.96. The van der Waals surface area contributed by atoms with Crippen molar-refractivity contribution in [3.63, 3.8) is 0 Å². The molecule has 0 aromatic carbocycles. The predicted octanol–water partition coefficient (Wildman–Crippen LogP) is 2.14. The van der Waals surface area contributed by atoms with E-state index in [9.17, 15) is 9.59 Å². The van der Waals surface area contributed by atoms with E-state index in [2.05, 4.69) is 6.92 Å². The summed E-state index contributed by atoms with van der Waals surface area (Å²) in [5.74, 6) is -0.753. The molecule has 18 heavy (non-hydrogen) atoms. The molecule has 4 nitrogen and oxygen atoms in total. The molecule has 102 valence electrons. The minimum Gasteiger partial charge on any atom is -0.481 e. The van der Waals surface area contributed by atoms with Crippen LogP contribution in [0.1, 0.15) is 45.4 Å². The normalized spacial score (nSPS) is 27.2. The molecule has 2 aliphatic rings. The number of hydrogen-bond acceptors (Lipinski definition) is 2. The lowest BCUT2D eigenvalue weighted by molar-refractivity contribution is -0.149. The zero-order chi connectivity index (χ0) is 13.1. The van der Waals surface area contributed by atoms with Crippen LogP contribution in [0.5, 0.6) is 0 Å². The van der Waals surface area contributed by atoms with Crippen molar-refractivity contribution in [2.45, 2.75) is 45.4 Å². The summed E-state index contributed by atoms with van der Waals surface area (Å²) < 4.78 is 0. The van der Waals surface area contributed by atoms with Gasteiger partial charge in [0.15, 0.2) is 0 Å². The van der Waals surface area contributed by atoms with Gasteiger partial charge in [-0.1, -0.05) is 13.3 Å². The molecule has 2 rings (SSSR count). The van der Waals surface area contributed by atoms with Gasteiger partial charge in [-0.2, -0.15) is 0 Å². The molecular weight excluding hydrogens is 230 g/mol. The van der Waals surface area contributed by atoms with E-state index in [0.717, 1.165) is 32.4 Å². The monoisotopic (exact) mass is 253 g/mol. The Kier molecular flexibility index (Phi) is 4.25. The Morgan fingerprint density at radius 1 is 1.17 bits per heavy atom. The number of carboxylic acids is 1. The quantitative estimate of drug-likeness (QED) is 0.789. The minimum atomic E-state index is -0.797. The van der Waals surface area contributed by atoms with Crippen LogP contribution in [0.15, 0.2) is 0 Å². The zero-order valence-corrected chi connectivity index (χ0v) is 11.1. The first-order valence-electron chi connectivity index (χ1n) is 7.15. The molecule has 0 spiro atoms. The van der Waals surface area contributed by atoms with Crippen LogP contribution in [0.2, 0.25) is 0 Å². The van der Waals surface area contributed by atoms with Gasteiger partial charge in [0, 0.05) is 13.1 Å². The van der Waals surface area contributed by atoms with Crippen LogP contribution < -0.4 is 0 Å². The summed E-state index contributed by atoms with van der Waals surface area (Å²) in [5, 5.41) is 9.17. The lowest BCUT2D eigenvalue weighted by Gasteiger charge is -2.27. The number of nitrogens with zero attached hydrogens (tertiary/aromatic N) is 1. The fourth-order valence-electron chi connectivity index (χ4n) is 2.96. The summed E-state index contributed by atoms with van der Waals surface area (Å²) in [6.45, 7) is 3.68. The van der Waals surface area contributed by atoms with Crippen molar-refractivity contribution in [2.24, 2.45) is 17.8 Å². The van der Waals surface area contributed by atoms with Crippen molar-refractivity contribution in [3.05, 3.63) is 0 Å². The fraction of sp³-hybridized carbons (Fsp3) is 0.857. The van der Waals surface area contributed by atoms with E-state index in [1.165, 1.54) is 12.8 Å². The van der Waals surface area contributed by atoms with Crippen molar-refractivity contribution >= 4 is 11.9 Å². The largest absolute Gasteiger partial charge is 0.481 e. The SMILES string of the molecule is CCCN(CC1CC1)C(=O)C1CCCC1C(=O)O. The van der Waals surface area contributed by atoms with Crippen molar-refractivity contribution in [1.29, 1.82) is 0 Å². The molecule has 0 aliphatic heterocycles. The molecule has 0 aromatic heterocycles. The highest BCUT2D eigenvalue weighted by atomic mass is 16.4. The molecule has 2 fully saturated rings. The van der Waals surface area contributed by atoms with Gasteiger partial charge < -0.3 is 10.0 Å². The van der Waals surface area contributed by atoms with Crippen LogP contribution in [-0.4, -0.2) is 35.0 Å². The van der Waals surface area contributed by atoms with Crippen LogP contribution in [0.3, 0.4) is 0 Å². The third-order valence-corrected chi connectivity index (χ3v) is 4.13. The Morgan fingerprint density at radius 3 is 2.39 bits per heavy atom. The number of carbonyl (C=O) groups excluding carboxylic acids is 1. The van der Waals surface area contributed by atoms with Crippen LogP contribution in [0.25, 0.3) is 0 Å². The second-order valence-corrected chi connectivity index (χ2v) is 5.71. The van der Waals surface area contributed by atoms with Crippen molar-refractivity contribution in [1.82, 2.24) is 4.90 Å². The Hall–Kier alpha value is -1.06. The van der Waals surface area contributed by atoms with Crippen molar-refractivity contribution in [2.75, 3.05) is 13.1 Å². The standard InChI is InChI=1S/C14H23NO3/c1-2-8-15(9-10-6-7-10)13(16)11-4-3-5-12(11)14(17)18/h10-12H,2-9H2,1H3,(H,17,18). The number of aliphatic carboxylic acids is 1. The van der Waals surface area contributed by atoms with E-state index in [0.29, 0.717) is 12.3 Å². The number of carbonyl (C=O) groups is 2. The maximum Gasteiger partial charge on any atom is 0.307 e. The molecule has 2 atom stereocenters. The first-order chi connectivity index (χ1) is 8.63. The summed E-state index contributed by atoms with van der Waals surface area (Å²) in [4.78, 5) is 25.6. The van der Waals surface area contributed by atoms with Gasteiger partial charge in [0.05, 0.1) is 11.8 Å². The lowest BCUT2D eigenvalue weighted by Crippen LogP contribution is -2.40. The third kappa shape index (κ3) is 3.03. The molecule has 0 radical (unpaired) electrons. The number of carboxylic acid groups (broad SMARTS) is 1. The molecule has 2 aliphatic carbocycles.